The van der Waals surface area contributed by atoms with Crippen LogP contribution in [-0.4, -0.2) is 22.8 Å². The molecule has 0 fully saturated rings. The average molecular weight is 393 g/mol. The van der Waals surface area contributed by atoms with Gasteiger partial charge in [-0.05, 0) is 43.4 Å². The molecule has 2 N–H and O–H groups in total. The summed E-state index contributed by atoms with van der Waals surface area (Å²) in [7, 11) is 0. The number of halogens is 2. The highest BCUT2D eigenvalue weighted by molar-refractivity contribution is 7.15. The van der Waals surface area contributed by atoms with E-state index in [0.29, 0.717) is 18.0 Å². The van der Waals surface area contributed by atoms with E-state index >= 15 is 0 Å². The summed E-state index contributed by atoms with van der Waals surface area (Å²) >= 11 is 1.47. The van der Waals surface area contributed by atoms with Gasteiger partial charge in [0.05, 0.1) is 12.1 Å². The highest BCUT2D eigenvalue weighted by Crippen LogP contribution is 2.30. The molecule has 2 amide bonds. The van der Waals surface area contributed by atoms with Crippen LogP contribution in [0.1, 0.15) is 42.3 Å². The summed E-state index contributed by atoms with van der Waals surface area (Å²) < 4.78 is 26.5. The molecule has 27 heavy (non-hydrogen) atoms. The molecule has 8 heteroatoms. The molecule has 0 bridgehead atoms. The van der Waals surface area contributed by atoms with Gasteiger partial charge in [-0.15, -0.1) is 11.3 Å². The maximum Gasteiger partial charge on any atom is 0.248 e. The monoisotopic (exact) mass is 393 g/mol. The first-order valence-corrected chi connectivity index (χ1v) is 9.80. The summed E-state index contributed by atoms with van der Waals surface area (Å²) in [5.41, 5.74) is 1.26. The predicted octanol–water partition coefficient (Wildman–Crippen LogP) is 3.38. The van der Waals surface area contributed by atoms with Crippen molar-refractivity contribution in [3.8, 4) is 0 Å². The fraction of sp³-hybridized carbons (Fsp3) is 0.421. The number of carbonyl (C=O) groups excluding carboxylic acids is 2. The van der Waals surface area contributed by atoms with E-state index in [0.717, 1.165) is 43.2 Å². The van der Waals surface area contributed by atoms with E-state index in [9.17, 15) is 18.4 Å². The largest absolute Gasteiger partial charge is 0.344 e. The molecular formula is C19H21F2N3O2S. The SMILES string of the molecule is CCC[C@H](NC(=O)Cc1cc(F)cc(F)c1)C(=O)Nc1nc2c(s1)CCC2. The van der Waals surface area contributed by atoms with Gasteiger partial charge in [-0.3, -0.25) is 9.59 Å². The highest BCUT2D eigenvalue weighted by Gasteiger charge is 2.23. The van der Waals surface area contributed by atoms with Crippen LogP contribution in [0.5, 0.6) is 0 Å². The van der Waals surface area contributed by atoms with Crippen molar-refractivity contribution in [1.29, 1.82) is 0 Å². The molecule has 0 aliphatic heterocycles. The van der Waals surface area contributed by atoms with Crippen molar-refractivity contribution in [3.63, 3.8) is 0 Å². The van der Waals surface area contributed by atoms with Gasteiger partial charge < -0.3 is 10.6 Å². The van der Waals surface area contributed by atoms with E-state index in [4.69, 9.17) is 0 Å². The fourth-order valence-corrected chi connectivity index (χ4v) is 4.19. The van der Waals surface area contributed by atoms with Gasteiger partial charge in [0.25, 0.3) is 0 Å². The van der Waals surface area contributed by atoms with Gasteiger partial charge in [0, 0.05) is 10.9 Å². The zero-order chi connectivity index (χ0) is 19.4. The first kappa shape index (κ1) is 19.4. The van der Waals surface area contributed by atoms with Crippen LogP contribution in [0.4, 0.5) is 13.9 Å². The number of fused-ring (bicyclic) bond motifs is 1. The third-order valence-corrected chi connectivity index (χ3v) is 5.41. The second-order valence-corrected chi connectivity index (χ2v) is 7.68. The van der Waals surface area contributed by atoms with Gasteiger partial charge in [-0.2, -0.15) is 0 Å². The number of rotatable bonds is 7. The van der Waals surface area contributed by atoms with Crippen LogP contribution >= 0.6 is 11.3 Å². The predicted molar refractivity (Wildman–Crippen MR) is 99.7 cm³/mol. The van der Waals surface area contributed by atoms with E-state index in [1.807, 2.05) is 6.92 Å². The Bertz CT molecular complexity index is 812. The molecule has 5 nitrogen and oxygen atoms in total. The quantitative estimate of drug-likeness (QED) is 0.758. The van der Waals surface area contributed by atoms with Crippen molar-refractivity contribution < 1.29 is 18.4 Å². The molecule has 0 radical (unpaired) electrons. The summed E-state index contributed by atoms with van der Waals surface area (Å²) in [6.07, 6.45) is 3.97. The van der Waals surface area contributed by atoms with Gasteiger partial charge in [0.2, 0.25) is 11.8 Å². The Morgan fingerprint density at radius 2 is 1.96 bits per heavy atom. The number of hydrogen-bond donors (Lipinski definition) is 2. The van der Waals surface area contributed by atoms with Crippen molar-refractivity contribution >= 4 is 28.3 Å². The molecule has 144 valence electrons. The van der Waals surface area contributed by atoms with E-state index < -0.39 is 23.6 Å². The summed E-state index contributed by atoms with van der Waals surface area (Å²) in [6.45, 7) is 1.91. The molecule has 1 aliphatic rings. The van der Waals surface area contributed by atoms with Gasteiger partial charge in [0.1, 0.15) is 17.7 Å². The van der Waals surface area contributed by atoms with E-state index in [2.05, 4.69) is 15.6 Å². The average Bonchev–Trinajstić information content (AvgIpc) is 3.14. The van der Waals surface area contributed by atoms with E-state index in [-0.39, 0.29) is 17.9 Å². The minimum Gasteiger partial charge on any atom is -0.344 e. The maximum absolute atomic E-state index is 13.3. The maximum atomic E-state index is 13.3. The molecular weight excluding hydrogens is 372 g/mol. The number of hydrogen-bond acceptors (Lipinski definition) is 4. The van der Waals surface area contributed by atoms with Crippen LogP contribution in [0.25, 0.3) is 0 Å². The molecule has 0 saturated carbocycles. The van der Waals surface area contributed by atoms with Crippen molar-refractivity contribution in [2.45, 2.75) is 51.5 Å². The van der Waals surface area contributed by atoms with Crippen LogP contribution in [0.2, 0.25) is 0 Å². The highest BCUT2D eigenvalue weighted by atomic mass is 32.1. The normalized spacial score (nSPS) is 13.9. The molecule has 2 aromatic rings. The number of nitrogens with one attached hydrogen (secondary N) is 2. The Morgan fingerprint density at radius 3 is 2.63 bits per heavy atom. The lowest BCUT2D eigenvalue weighted by molar-refractivity contribution is -0.126. The van der Waals surface area contributed by atoms with Crippen molar-refractivity contribution in [2.24, 2.45) is 0 Å². The molecule has 0 saturated heterocycles. The lowest BCUT2D eigenvalue weighted by Gasteiger charge is -2.17. The Hall–Kier alpha value is -2.35. The number of aryl methyl sites for hydroxylation is 2. The second-order valence-electron chi connectivity index (χ2n) is 6.59. The van der Waals surface area contributed by atoms with Gasteiger partial charge in [0.15, 0.2) is 5.13 Å². The first-order chi connectivity index (χ1) is 12.9. The summed E-state index contributed by atoms with van der Waals surface area (Å²) in [4.78, 5) is 30.4. The number of nitrogens with zero attached hydrogens (tertiary/aromatic N) is 1. The molecule has 1 aliphatic carbocycles. The minimum atomic E-state index is -0.738. The van der Waals surface area contributed by atoms with Crippen molar-refractivity contribution in [3.05, 3.63) is 46.0 Å². The van der Waals surface area contributed by atoms with Gasteiger partial charge in [-0.1, -0.05) is 13.3 Å². The van der Waals surface area contributed by atoms with Crippen LogP contribution < -0.4 is 10.6 Å². The number of thiazole rings is 1. The standard InChI is InChI=1S/C19H21F2N3O2S/c1-2-4-15(18(26)24-19-23-14-5-3-6-16(14)27-19)22-17(25)9-11-7-12(20)10-13(21)8-11/h7-8,10,15H,2-6,9H2,1H3,(H,22,25)(H,23,24,26)/t15-/m0/s1. The van der Waals surface area contributed by atoms with Crippen molar-refractivity contribution in [2.75, 3.05) is 5.32 Å². The Kier molecular flexibility index (Phi) is 6.15. The molecule has 3 rings (SSSR count). The number of anilines is 1. The van der Waals surface area contributed by atoms with Crippen LogP contribution in [0, 0.1) is 11.6 Å². The molecule has 1 atom stereocenters. The minimum absolute atomic E-state index is 0.201. The second kappa shape index (κ2) is 8.56. The first-order valence-electron chi connectivity index (χ1n) is 8.98. The molecule has 1 aromatic heterocycles. The van der Waals surface area contributed by atoms with Gasteiger partial charge in [-0.25, -0.2) is 13.8 Å². The van der Waals surface area contributed by atoms with E-state index in [1.54, 1.807) is 0 Å². The Balaban J connectivity index is 1.61. The smallest absolute Gasteiger partial charge is 0.248 e. The summed E-state index contributed by atoms with van der Waals surface area (Å²) in [5.74, 6) is -2.27. The number of aromatic nitrogens is 1. The Labute approximate surface area is 160 Å². The summed E-state index contributed by atoms with van der Waals surface area (Å²) in [6, 6.07) is 2.24. The van der Waals surface area contributed by atoms with Crippen LogP contribution in [0.15, 0.2) is 18.2 Å². The van der Waals surface area contributed by atoms with Crippen LogP contribution in [0.3, 0.4) is 0 Å². The zero-order valence-corrected chi connectivity index (χ0v) is 15.8. The molecule has 1 heterocycles. The fourth-order valence-electron chi connectivity index (χ4n) is 3.14. The molecule has 1 aromatic carbocycles. The third kappa shape index (κ3) is 5.09. The number of benzene rings is 1. The van der Waals surface area contributed by atoms with E-state index in [1.165, 1.54) is 16.2 Å². The van der Waals surface area contributed by atoms with Crippen molar-refractivity contribution in [1.82, 2.24) is 10.3 Å². The van der Waals surface area contributed by atoms with Gasteiger partial charge >= 0.3 is 0 Å². The molecule has 0 unspecified atom stereocenters. The molecule has 0 spiro atoms. The third-order valence-electron chi connectivity index (χ3n) is 4.34. The lowest BCUT2D eigenvalue weighted by Crippen LogP contribution is -2.44. The summed E-state index contributed by atoms with van der Waals surface area (Å²) in [5, 5.41) is 5.98. The van der Waals surface area contributed by atoms with Crippen LogP contribution in [-0.2, 0) is 28.9 Å². The zero-order valence-electron chi connectivity index (χ0n) is 15.0. The Morgan fingerprint density at radius 1 is 1.22 bits per heavy atom. The topological polar surface area (TPSA) is 71.1 Å². The number of amides is 2. The lowest BCUT2D eigenvalue weighted by atomic mass is 10.1. The number of carbonyl (C=O) groups is 2.